The Bertz CT molecular complexity index is 838. The summed E-state index contributed by atoms with van der Waals surface area (Å²) in [7, 11) is 0. The number of furan rings is 1. The summed E-state index contributed by atoms with van der Waals surface area (Å²) in [6.45, 7) is 6.19. The van der Waals surface area contributed by atoms with Crippen molar-refractivity contribution in [3.8, 4) is 0 Å². The summed E-state index contributed by atoms with van der Waals surface area (Å²) in [5.74, 6) is -0.215. The third-order valence-corrected chi connectivity index (χ3v) is 5.24. The first kappa shape index (κ1) is 18.4. The van der Waals surface area contributed by atoms with Gasteiger partial charge in [-0.2, -0.15) is 10.1 Å². The summed E-state index contributed by atoms with van der Waals surface area (Å²) >= 11 is 6.53. The number of benzene rings is 1. The molecule has 0 spiro atoms. The lowest BCUT2D eigenvalue weighted by Crippen LogP contribution is -2.22. The quantitative estimate of drug-likeness (QED) is 0.420. The van der Waals surface area contributed by atoms with Crippen molar-refractivity contribution in [2.45, 2.75) is 13.8 Å². The summed E-state index contributed by atoms with van der Waals surface area (Å²) in [4.78, 5) is 15.4. The molecule has 1 aromatic carbocycles. The molecule has 1 amide bonds. The zero-order chi connectivity index (χ0) is 18.5. The molecule has 1 saturated heterocycles. The minimum Gasteiger partial charge on any atom is -0.472 e. The van der Waals surface area contributed by atoms with E-state index in [1.807, 2.05) is 18.2 Å². The summed E-state index contributed by atoms with van der Waals surface area (Å²) in [5, 5.41) is 5.41. The molecule has 2 aromatic rings. The van der Waals surface area contributed by atoms with E-state index in [0.29, 0.717) is 9.23 Å². The fourth-order valence-corrected chi connectivity index (χ4v) is 3.73. The Kier molecular flexibility index (Phi) is 5.90. The molecular weight excluding hydrogens is 366 g/mol. The molecule has 26 heavy (non-hydrogen) atoms. The van der Waals surface area contributed by atoms with Gasteiger partial charge in [0.1, 0.15) is 0 Å². The molecule has 1 aliphatic heterocycles. The number of amides is 1. The molecule has 0 saturated carbocycles. The average Bonchev–Trinajstić information content (AvgIpc) is 3.25. The van der Waals surface area contributed by atoms with Gasteiger partial charge in [-0.05, 0) is 55.9 Å². The van der Waals surface area contributed by atoms with Crippen molar-refractivity contribution in [3.05, 3.63) is 58.9 Å². The van der Waals surface area contributed by atoms with Crippen LogP contribution in [-0.2, 0) is 4.79 Å². The lowest BCUT2D eigenvalue weighted by Gasteiger charge is -2.20. The molecule has 5 nitrogen and oxygen atoms in total. The molecule has 1 fully saturated rings. The van der Waals surface area contributed by atoms with Crippen LogP contribution >= 0.6 is 24.0 Å². The number of thiocarbonyl (C=S) groups is 1. The molecule has 1 aliphatic rings. The number of anilines is 1. The van der Waals surface area contributed by atoms with Gasteiger partial charge >= 0.3 is 0 Å². The monoisotopic (exact) mass is 385 g/mol. The number of carbonyl (C=O) groups excluding carboxylic acids is 1. The molecule has 1 aromatic heterocycles. The highest BCUT2D eigenvalue weighted by molar-refractivity contribution is 8.26. The molecular formula is C19H19N3O2S2. The van der Waals surface area contributed by atoms with Crippen molar-refractivity contribution in [2.24, 2.45) is 5.10 Å². The summed E-state index contributed by atoms with van der Waals surface area (Å²) in [5.41, 5.74) is 2.90. The van der Waals surface area contributed by atoms with Gasteiger partial charge in [0.2, 0.25) is 0 Å². The van der Waals surface area contributed by atoms with Gasteiger partial charge in [-0.25, -0.2) is 0 Å². The second kappa shape index (κ2) is 8.33. The minimum absolute atomic E-state index is 0.215. The van der Waals surface area contributed by atoms with E-state index in [4.69, 9.17) is 16.6 Å². The highest BCUT2D eigenvalue weighted by Gasteiger charge is 2.32. The largest absolute Gasteiger partial charge is 0.472 e. The highest BCUT2D eigenvalue weighted by atomic mass is 32.2. The van der Waals surface area contributed by atoms with Gasteiger partial charge in [0.25, 0.3) is 5.91 Å². The number of rotatable bonds is 6. The normalized spacial score (nSPS) is 16.2. The van der Waals surface area contributed by atoms with Gasteiger partial charge in [-0.15, -0.1) is 0 Å². The molecule has 0 unspecified atom stereocenters. The first-order valence-electron chi connectivity index (χ1n) is 8.31. The van der Waals surface area contributed by atoms with E-state index in [9.17, 15) is 4.79 Å². The van der Waals surface area contributed by atoms with Gasteiger partial charge in [0.05, 0.1) is 23.6 Å². The first-order chi connectivity index (χ1) is 12.6. The van der Waals surface area contributed by atoms with E-state index in [0.717, 1.165) is 24.2 Å². The van der Waals surface area contributed by atoms with Gasteiger partial charge in [-0.3, -0.25) is 4.79 Å². The van der Waals surface area contributed by atoms with Crippen LogP contribution < -0.4 is 4.90 Å². The van der Waals surface area contributed by atoms with Crippen LogP contribution in [0.1, 0.15) is 25.0 Å². The fourth-order valence-electron chi connectivity index (χ4n) is 2.55. The van der Waals surface area contributed by atoms with Gasteiger partial charge in [0, 0.05) is 24.3 Å². The van der Waals surface area contributed by atoms with Crippen LogP contribution in [0.2, 0.25) is 0 Å². The van der Waals surface area contributed by atoms with Crippen molar-refractivity contribution in [1.29, 1.82) is 0 Å². The Morgan fingerprint density at radius 1 is 1.19 bits per heavy atom. The Morgan fingerprint density at radius 3 is 2.54 bits per heavy atom. The zero-order valence-corrected chi connectivity index (χ0v) is 16.2. The highest BCUT2D eigenvalue weighted by Crippen LogP contribution is 2.33. The van der Waals surface area contributed by atoms with Crippen molar-refractivity contribution < 1.29 is 9.21 Å². The number of hydrogen-bond acceptors (Lipinski definition) is 6. The van der Waals surface area contributed by atoms with E-state index in [-0.39, 0.29) is 5.91 Å². The molecule has 0 bridgehead atoms. The van der Waals surface area contributed by atoms with Crippen molar-refractivity contribution >= 4 is 52.2 Å². The molecule has 2 heterocycles. The van der Waals surface area contributed by atoms with Gasteiger partial charge in [-0.1, -0.05) is 23.9 Å². The summed E-state index contributed by atoms with van der Waals surface area (Å²) in [6.07, 6.45) is 6.50. The number of nitrogens with zero attached hydrogens (tertiary/aromatic N) is 3. The molecule has 0 N–H and O–H groups in total. The van der Waals surface area contributed by atoms with Crippen molar-refractivity contribution in [3.63, 3.8) is 0 Å². The SMILES string of the molecule is CCN(CC)c1ccc(C=C2SC(=S)N(N=Cc3ccoc3)C2=O)cc1. The van der Waals surface area contributed by atoms with Crippen LogP contribution in [-0.4, -0.2) is 34.5 Å². The van der Waals surface area contributed by atoms with Crippen LogP contribution in [0.4, 0.5) is 5.69 Å². The number of hydrogen-bond donors (Lipinski definition) is 0. The third kappa shape index (κ3) is 4.05. The maximum absolute atomic E-state index is 12.6. The molecule has 0 radical (unpaired) electrons. The predicted molar refractivity (Wildman–Crippen MR) is 111 cm³/mol. The smallest absolute Gasteiger partial charge is 0.286 e. The van der Waals surface area contributed by atoms with E-state index >= 15 is 0 Å². The first-order valence-corrected chi connectivity index (χ1v) is 9.54. The molecule has 134 valence electrons. The van der Waals surface area contributed by atoms with Crippen LogP contribution in [0.25, 0.3) is 6.08 Å². The summed E-state index contributed by atoms with van der Waals surface area (Å²) < 4.78 is 5.40. The van der Waals surface area contributed by atoms with Gasteiger partial charge < -0.3 is 9.32 Å². The fraction of sp³-hybridized carbons (Fsp3) is 0.211. The maximum Gasteiger partial charge on any atom is 0.286 e. The average molecular weight is 386 g/mol. The predicted octanol–water partition coefficient (Wildman–Crippen LogP) is 4.36. The standard InChI is InChI=1S/C19H19N3O2S2/c1-3-21(4-2)16-7-5-14(6-8-16)11-17-18(23)22(19(25)26-17)20-12-15-9-10-24-13-15/h5-13H,3-4H2,1-2H3. The molecule has 3 rings (SSSR count). The Balaban J connectivity index is 1.75. The number of carbonyl (C=O) groups is 1. The lowest BCUT2D eigenvalue weighted by atomic mass is 10.1. The maximum atomic E-state index is 12.6. The third-order valence-electron chi connectivity index (χ3n) is 3.96. The van der Waals surface area contributed by atoms with E-state index in [1.54, 1.807) is 24.8 Å². The lowest BCUT2D eigenvalue weighted by molar-refractivity contribution is -0.122. The van der Waals surface area contributed by atoms with Crippen LogP contribution in [0, 0.1) is 0 Å². The van der Waals surface area contributed by atoms with Crippen LogP contribution in [0.5, 0.6) is 0 Å². The molecule has 0 atom stereocenters. The second-order valence-corrected chi connectivity index (χ2v) is 7.23. The van der Waals surface area contributed by atoms with E-state index in [2.05, 4.69) is 36.0 Å². The van der Waals surface area contributed by atoms with E-state index < -0.39 is 0 Å². The van der Waals surface area contributed by atoms with Crippen molar-refractivity contribution in [1.82, 2.24) is 5.01 Å². The van der Waals surface area contributed by atoms with E-state index in [1.165, 1.54) is 22.5 Å². The van der Waals surface area contributed by atoms with Gasteiger partial charge in [0.15, 0.2) is 4.32 Å². The second-order valence-electron chi connectivity index (χ2n) is 5.56. The minimum atomic E-state index is -0.215. The van der Waals surface area contributed by atoms with Crippen molar-refractivity contribution in [2.75, 3.05) is 18.0 Å². The Hall–Kier alpha value is -2.38. The topological polar surface area (TPSA) is 49.0 Å². The zero-order valence-electron chi connectivity index (χ0n) is 14.6. The summed E-state index contributed by atoms with van der Waals surface area (Å²) in [6, 6.07) is 9.91. The van der Waals surface area contributed by atoms with Crippen LogP contribution in [0.3, 0.4) is 0 Å². The van der Waals surface area contributed by atoms with Crippen LogP contribution in [0.15, 0.2) is 57.3 Å². The number of hydrazone groups is 1. The Labute approximate surface area is 162 Å². The number of thioether (sulfide) groups is 1. The molecule has 7 heteroatoms. The Morgan fingerprint density at radius 2 is 1.92 bits per heavy atom. The molecule has 0 aliphatic carbocycles.